The van der Waals surface area contributed by atoms with Crippen molar-refractivity contribution in [3.05, 3.63) is 89.7 Å². The molecule has 8 heteroatoms. The van der Waals surface area contributed by atoms with Gasteiger partial charge >= 0.3 is 0 Å². The second-order valence-corrected chi connectivity index (χ2v) is 6.56. The first-order chi connectivity index (χ1) is 14.5. The van der Waals surface area contributed by atoms with Gasteiger partial charge in [-0.3, -0.25) is 14.9 Å². The number of halogens is 1. The Balaban J connectivity index is 1.58. The van der Waals surface area contributed by atoms with Crippen molar-refractivity contribution in [3.8, 4) is 5.75 Å². The number of para-hydroxylation sites is 2. The van der Waals surface area contributed by atoms with Gasteiger partial charge in [0.25, 0.3) is 11.8 Å². The summed E-state index contributed by atoms with van der Waals surface area (Å²) in [6, 6.07) is 18.8. The Labute approximate surface area is 178 Å². The van der Waals surface area contributed by atoms with Gasteiger partial charge in [-0.25, -0.2) is 4.39 Å². The zero-order valence-corrected chi connectivity index (χ0v) is 16.8. The molecule has 6 nitrogen and oxygen atoms in total. The number of hydrogen-bond acceptors (Lipinski definition) is 4. The highest BCUT2D eigenvalue weighted by Crippen LogP contribution is 2.23. The number of carbonyl (C=O) groups is 2. The molecule has 0 spiro atoms. The van der Waals surface area contributed by atoms with E-state index in [2.05, 4.69) is 16.0 Å². The van der Waals surface area contributed by atoms with Crippen molar-refractivity contribution in [2.24, 2.45) is 0 Å². The molecule has 152 valence electrons. The highest BCUT2D eigenvalue weighted by molar-refractivity contribution is 7.80. The lowest BCUT2D eigenvalue weighted by molar-refractivity contribution is 0.0976. The predicted molar refractivity (Wildman–Crippen MR) is 117 cm³/mol. The van der Waals surface area contributed by atoms with Crippen molar-refractivity contribution in [1.82, 2.24) is 5.32 Å². The lowest BCUT2D eigenvalue weighted by atomic mass is 10.2. The van der Waals surface area contributed by atoms with E-state index in [4.69, 9.17) is 17.0 Å². The molecule has 0 radical (unpaired) electrons. The number of rotatable bonds is 5. The van der Waals surface area contributed by atoms with Gasteiger partial charge in [-0.2, -0.15) is 0 Å². The number of nitrogens with one attached hydrogen (secondary N) is 3. The molecule has 0 heterocycles. The van der Waals surface area contributed by atoms with E-state index < -0.39 is 11.7 Å². The van der Waals surface area contributed by atoms with Crippen LogP contribution in [0.25, 0.3) is 0 Å². The summed E-state index contributed by atoms with van der Waals surface area (Å²) < 4.78 is 18.2. The van der Waals surface area contributed by atoms with E-state index in [0.29, 0.717) is 22.7 Å². The van der Waals surface area contributed by atoms with Gasteiger partial charge in [0, 0.05) is 16.8 Å². The molecule has 3 N–H and O–H groups in total. The van der Waals surface area contributed by atoms with Gasteiger partial charge in [-0.15, -0.1) is 0 Å². The Hall–Kier alpha value is -3.78. The maximum absolute atomic E-state index is 12.9. The van der Waals surface area contributed by atoms with E-state index in [1.165, 1.54) is 31.4 Å². The minimum Gasteiger partial charge on any atom is -0.495 e. The Morgan fingerprint density at radius 2 is 1.43 bits per heavy atom. The summed E-state index contributed by atoms with van der Waals surface area (Å²) in [7, 11) is 1.53. The molecule has 30 heavy (non-hydrogen) atoms. The number of benzene rings is 3. The van der Waals surface area contributed by atoms with E-state index in [9.17, 15) is 14.0 Å². The van der Waals surface area contributed by atoms with Gasteiger partial charge in [-0.1, -0.05) is 12.1 Å². The fraction of sp³-hybridized carbons (Fsp3) is 0.0455. The smallest absolute Gasteiger partial charge is 0.257 e. The topological polar surface area (TPSA) is 79.5 Å². The van der Waals surface area contributed by atoms with Crippen LogP contribution in [0, 0.1) is 5.82 Å². The molecular weight excluding hydrogens is 405 g/mol. The quantitative estimate of drug-likeness (QED) is 0.536. The third-order valence-electron chi connectivity index (χ3n) is 4.09. The summed E-state index contributed by atoms with van der Waals surface area (Å²) in [6.07, 6.45) is 0. The number of carbonyl (C=O) groups excluding carboxylic acids is 2. The van der Waals surface area contributed by atoms with E-state index in [-0.39, 0.29) is 16.6 Å². The Kier molecular flexibility index (Phi) is 6.71. The Morgan fingerprint density at radius 1 is 0.833 bits per heavy atom. The van der Waals surface area contributed by atoms with Crippen LogP contribution in [0.15, 0.2) is 72.8 Å². The summed E-state index contributed by atoms with van der Waals surface area (Å²) in [6.45, 7) is 0. The molecule has 0 aliphatic rings. The highest BCUT2D eigenvalue weighted by atomic mass is 32.1. The number of methoxy groups -OCH3 is 1. The van der Waals surface area contributed by atoms with Gasteiger partial charge in [0.2, 0.25) is 0 Å². The van der Waals surface area contributed by atoms with Crippen LogP contribution in [0.1, 0.15) is 20.7 Å². The van der Waals surface area contributed by atoms with Gasteiger partial charge in [0.1, 0.15) is 11.6 Å². The summed E-state index contributed by atoms with van der Waals surface area (Å²) >= 11 is 5.13. The van der Waals surface area contributed by atoms with Crippen LogP contribution in [-0.2, 0) is 0 Å². The summed E-state index contributed by atoms with van der Waals surface area (Å²) in [5, 5.41) is 8.25. The van der Waals surface area contributed by atoms with E-state index in [1.807, 2.05) is 6.07 Å². The average molecular weight is 423 g/mol. The fourth-order valence-electron chi connectivity index (χ4n) is 2.59. The van der Waals surface area contributed by atoms with Gasteiger partial charge in [0.05, 0.1) is 12.8 Å². The lowest BCUT2D eigenvalue weighted by Gasteiger charge is -2.11. The zero-order valence-electron chi connectivity index (χ0n) is 15.9. The Bertz CT molecular complexity index is 1070. The molecule has 0 saturated heterocycles. The van der Waals surface area contributed by atoms with Crippen molar-refractivity contribution >= 4 is 40.5 Å². The molecule has 0 aliphatic carbocycles. The third-order valence-corrected chi connectivity index (χ3v) is 4.30. The van der Waals surface area contributed by atoms with Crippen LogP contribution in [-0.4, -0.2) is 24.0 Å². The van der Waals surface area contributed by atoms with Crippen molar-refractivity contribution in [3.63, 3.8) is 0 Å². The number of thiocarbonyl (C=S) groups is 1. The summed E-state index contributed by atoms with van der Waals surface area (Å²) in [4.78, 5) is 24.5. The van der Waals surface area contributed by atoms with Crippen LogP contribution in [0.3, 0.4) is 0 Å². The first-order valence-electron chi connectivity index (χ1n) is 8.88. The molecule has 3 rings (SSSR count). The van der Waals surface area contributed by atoms with Crippen LogP contribution in [0.2, 0.25) is 0 Å². The number of ether oxygens (including phenoxy) is 1. The fourth-order valence-corrected chi connectivity index (χ4v) is 2.80. The third kappa shape index (κ3) is 5.39. The Morgan fingerprint density at radius 3 is 2.10 bits per heavy atom. The molecule has 0 aliphatic heterocycles. The minimum absolute atomic E-state index is 0.0792. The second kappa shape index (κ2) is 9.62. The van der Waals surface area contributed by atoms with Crippen molar-refractivity contribution < 1.29 is 18.7 Å². The lowest BCUT2D eigenvalue weighted by Crippen LogP contribution is -2.34. The largest absolute Gasteiger partial charge is 0.495 e. The molecule has 0 bridgehead atoms. The van der Waals surface area contributed by atoms with Gasteiger partial charge in [0.15, 0.2) is 5.11 Å². The summed E-state index contributed by atoms with van der Waals surface area (Å²) in [5.41, 5.74) is 1.88. The average Bonchev–Trinajstić information content (AvgIpc) is 2.75. The van der Waals surface area contributed by atoms with E-state index >= 15 is 0 Å². The van der Waals surface area contributed by atoms with E-state index in [1.54, 1.807) is 42.5 Å². The van der Waals surface area contributed by atoms with Gasteiger partial charge in [-0.05, 0) is 72.9 Å². The number of anilines is 2. The maximum Gasteiger partial charge on any atom is 0.257 e. The van der Waals surface area contributed by atoms with Crippen LogP contribution >= 0.6 is 12.2 Å². The molecular formula is C22H18FN3O3S. The predicted octanol–water partition coefficient (Wildman–Crippen LogP) is 4.21. The number of hydrogen-bond donors (Lipinski definition) is 3. The molecule has 3 aromatic rings. The van der Waals surface area contributed by atoms with Crippen molar-refractivity contribution in [2.45, 2.75) is 0 Å². The SMILES string of the molecule is COc1ccccc1NC(=O)c1ccc(NC(=S)NC(=O)c2ccc(F)cc2)cc1. The molecule has 3 aromatic carbocycles. The molecule has 0 aromatic heterocycles. The van der Waals surface area contributed by atoms with Crippen LogP contribution < -0.4 is 20.7 Å². The molecule has 2 amide bonds. The first-order valence-corrected chi connectivity index (χ1v) is 9.29. The molecule has 0 unspecified atom stereocenters. The summed E-state index contributed by atoms with van der Waals surface area (Å²) in [5.74, 6) is -0.619. The van der Waals surface area contributed by atoms with Gasteiger partial charge < -0.3 is 15.4 Å². The first kappa shape index (κ1) is 20.9. The standard InChI is InChI=1S/C22H18FN3O3S/c1-29-19-5-3-2-4-18(19)25-20(27)15-8-12-17(13-9-15)24-22(30)26-21(28)14-6-10-16(23)11-7-14/h2-13H,1H3,(H,25,27)(H2,24,26,28,30). The van der Waals surface area contributed by atoms with Crippen LogP contribution in [0.5, 0.6) is 5.75 Å². The van der Waals surface area contributed by atoms with Crippen molar-refractivity contribution in [2.75, 3.05) is 17.7 Å². The molecule has 0 fully saturated rings. The second-order valence-electron chi connectivity index (χ2n) is 6.15. The molecule has 0 saturated carbocycles. The van der Waals surface area contributed by atoms with Crippen LogP contribution in [0.4, 0.5) is 15.8 Å². The zero-order chi connectivity index (χ0) is 21.5. The monoisotopic (exact) mass is 423 g/mol. The molecule has 0 atom stereocenters. The maximum atomic E-state index is 12.9. The minimum atomic E-state index is -0.458. The van der Waals surface area contributed by atoms with Crippen molar-refractivity contribution in [1.29, 1.82) is 0 Å². The highest BCUT2D eigenvalue weighted by Gasteiger charge is 2.11. The normalized spacial score (nSPS) is 10.1. The number of amides is 2. The van der Waals surface area contributed by atoms with E-state index in [0.717, 1.165) is 0 Å².